The smallest absolute Gasteiger partial charge is 0.264 e. The number of nitrogens with zero attached hydrogens (tertiary/aromatic N) is 2. The number of carbonyl (C=O) groups is 2. The highest BCUT2D eigenvalue weighted by Gasteiger charge is 2.34. The first-order chi connectivity index (χ1) is 18.7. The van der Waals surface area contributed by atoms with Crippen molar-refractivity contribution in [2.24, 2.45) is 0 Å². The zero-order valence-electron chi connectivity index (χ0n) is 23.3. The molecule has 0 aliphatic carbocycles. The molecule has 3 aromatic rings. The third kappa shape index (κ3) is 8.22. The average molecular weight is 605 g/mol. The molecule has 0 spiro atoms. The summed E-state index contributed by atoms with van der Waals surface area (Å²) < 4.78 is 28.8. The summed E-state index contributed by atoms with van der Waals surface area (Å²) in [5.74, 6) is -0.901. The van der Waals surface area contributed by atoms with Crippen molar-refractivity contribution in [3.05, 3.63) is 94.0 Å². The van der Waals surface area contributed by atoms with E-state index in [1.54, 1.807) is 19.1 Å². The van der Waals surface area contributed by atoms with Gasteiger partial charge in [0.1, 0.15) is 12.6 Å². The molecule has 7 nitrogen and oxygen atoms in total. The largest absolute Gasteiger partial charge is 0.350 e. The second-order valence-corrected chi connectivity index (χ2v) is 13.4. The highest BCUT2D eigenvalue weighted by Crippen LogP contribution is 2.33. The van der Waals surface area contributed by atoms with Crippen LogP contribution in [-0.4, -0.2) is 49.8 Å². The van der Waals surface area contributed by atoms with Crippen LogP contribution in [0.4, 0.5) is 5.69 Å². The lowest BCUT2D eigenvalue weighted by Crippen LogP contribution is -2.55. The first-order valence-electron chi connectivity index (χ1n) is 12.9. The van der Waals surface area contributed by atoms with E-state index in [9.17, 15) is 18.0 Å². The molecule has 3 rings (SSSR count). The maximum atomic E-state index is 14.0. The minimum Gasteiger partial charge on any atom is -0.350 e. The third-order valence-electron chi connectivity index (χ3n) is 6.21. The van der Waals surface area contributed by atoms with E-state index in [1.165, 1.54) is 35.2 Å². The Kier molecular flexibility index (Phi) is 10.3. The van der Waals surface area contributed by atoms with Crippen molar-refractivity contribution in [2.75, 3.05) is 17.4 Å². The number of benzene rings is 3. The molecule has 0 fully saturated rings. The molecule has 10 heteroatoms. The summed E-state index contributed by atoms with van der Waals surface area (Å²) in [5.41, 5.74) is 1.41. The topological polar surface area (TPSA) is 86.8 Å². The fraction of sp³-hybridized carbons (Fsp3) is 0.333. The van der Waals surface area contributed by atoms with Gasteiger partial charge in [-0.25, -0.2) is 8.42 Å². The molecule has 2 amide bonds. The molecule has 1 unspecified atom stereocenters. The van der Waals surface area contributed by atoms with E-state index in [-0.39, 0.29) is 33.1 Å². The van der Waals surface area contributed by atoms with Crippen LogP contribution in [0.3, 0.4) is 0 Å². The van der Waals surface area contributed by atoms with E-state index in [2.05, 4.69) is 5.32 Å². The number of hydrogen-bond donors (Lipinski definition) is 1. The number of carbonyl (C=O) groups excluding carboxylic acids is 2. The van der Waals surface area contributed by atoms with Crippen LogP contribution in [-0.2, 0) is 26.0 Å². The Morgan fingerprint density at radius 2 is 1.57 bits per heavy atom. The number of nitrogens with one attached hydrogen (secondary N) is 1. The van der Waals surface area contributed by atoms with Crippen LogP contribution < -0.4 is 9.62 Å². The first-order valence-corrected chi connectivity index (χ1v) is 15.1. The molecule has 0 aromatic heterocycles. The van der Waals surface area contributed by atoms with Crippen LogP contribution in [0, 0.1) is 6.92 Å². The van der Waals surface area contributed by atoms with E-state index < -0.39 is 34.1 Å². The summed E-state index contributed by atoms with van der Waals surface area (Å²) in [4.78, 5) is 28.5. The van der Waals surface area contributed by atoms with Crippen LogP contribution >= 0.6 is 23.2 Å². The van der Waals surface area contributed by atoms with Crippen molar-refractivity contribution in [1.29, 1.82) is 0 Å². The Labute approximate surface area is 247 Å². The monoisotopic (exact) mass is 603 g/mol. The number of sulfonamides is 1. The van der Waals surface area contributed by atoms with Gasteiger partial charge >= 0.3 is 0 Å². The molecule has 0 radical (unpaired) electrons. The molecular formula is C30H35Cl2N3O4S. The number of halogens is 2. The van der Waals surface area contributed by atoms with Crippen molar-refractivity contribution in [2.45, 2.75) is 57.5 Å². The Hall–Kier alpha value is -3.07. The van der Waals surface area contributed by atoms with Gasteiger partial charge < -0.3 is 10.2 Å². The molecule has 214 valence electrons. The molecule has 0 saturated carbocycles. The number of rotatable bonds is 10. The maximum Gasteiger partial charge on any atom is 0.264 e. The summed E-state index contributed by atoms with van der Waals surface area (Å²) in [6.45, 7) is 8.65. The summed E-state index contributed by atoms with van der Waals surface area (Å²) in [6.07, 6.45) is 0.475. The van der Waals surface area contributed by atoms with Crippen LogP contribution in [0.15, 0.2) is 77.7 Å². The van der Waals surface area contributed by atoms with E-state index in [4.69, 9.17) is 23.2 Å². The number of aryl methyl sites for hydroxylation is 1. The summed E-state index contributed by atoms with van der Waals surface area (Å²) in [7, 11) is -4.24. The molecule has 0 heterocycles. The van der Waals surface area contributed by atoms with E-state index in [1.807, 2.05) is 58.0 Å². The lowest BCUT2D eigenvalue weighted by atomic mass is 10.1. The Morgan fingerprint density at radius 3 is 2.17 bits per heavy atom. The van der Waals surface area contributed by atoms with Gasteiger partial charge in [0.15, 0.2) is 0 Å². The average Bonchev–Trinajstić information content (AvgIpc) is 2.88. The minimum absolute atomic E-state index is 0.00342. The van der Waals surface area contributed by atoms with Crippen molar-refractivity contribution in [1.82, 2.24) is 10.2 Å². The van der Waals surface area contributed by atoms with E-state index >= 15 is 0 Å². The Balaban J connectivity index is 2.03. The Morgan fingerprint density at radius 1 is 0.950 bits per heavy atom. The summed E-state index contributed by atoms with van der Waals surface area (Å²) >= 11 is 12.7. The number of anilines is 1. The second-order valence-electron chi connectivity index (χ2n) is 10.7. The maximum absolute atomic E-state index is 14.0. The SMILES string of the molecule is Cc1ccc(S(=O)(=O)N(CC(=O)N(CCc2ccccc2)C(C)C(=O)NC(C)(C)C)c2cc(Cl)ccc2Cl)cc1. The van der Waals surface area contributed by atoms with Crippen molar-refractivity contribution < 1.29 is 18.0 Å². The van der Waals surface area contributed by atoms with Gasteiger partial charge in [-0.05, 0) is 76.9 Å². The van der Waals surface area contributed by atoms with Gasteiger partial charge in [-0.2, -0.15) is 0 Å². The molecule has 3 aromatic carbocycles. The van der Waals surface area contributed by atoms with Gasteiger partial charge in [0.25, 0.3) is 10.0 Å². The molecule has 0 bridgehead atoms. The van der Waals surface area contributed by atoms with Crippen molar-refractivity contribution in [3.8, 4) is 0 Å². The predicted molar refractivity (Wildman–Crippen MR) is 161 cm³/mol. The van der Waals surface area contributed by atoms with Gasteiger partial charge in [-0.15, -0.1) is 0 Å². The van der Waals surface area contributed by atoms with Crippen LogP contribution in [0.2, 0.25) is 10.0 Å². The van der Waals surface area contributed by atoms with E-state index in [0.717, 1.165) is 15.4 Å². The van der Waals surface area contributed by atoms with Gasteiger partial charge in [-0.3, -0.25) is 13.9 Å². The Bertz CT molecular complexity index is 1440. The van der Waals surface area contributed by atoms with E-state index in [0.29, 0.717) is 6.42 Å². The molecule has 0 saturated heterocycles. The predicted octanol–water partition coefficient (Wildman–Crippen LogP) is 5.87. The quantitative estimate of drug-likeness (QED) is 0.314. The lowest BCUT2D eigenvalue weighted by molar-refractivity contribution is -0.139. The van der Waals surface area contributed by atoms with Gasteiger partial charge in [0, 0.05) is 17.1 Å². The van der Waals surface area contributed by atoms with Crippen molar-refractivity contribution >= 4 is 50.7 Å². The van der Waals surface area contributed by atoms with Crippen LogP contribution in [0.25, 0.3) is 0 Å². The number of hydrogen-bond acceptors (Lipinski definition) is 4. The highest BCUT2D eigenvalue weighted by molar-refractivity contribution is 7.92. The minimum atomic E-state index is -4.24. The zero-order valence-corrected chi connectivity index (χ0v) is 25.6. The molecule has 40 heavy (non-hydrogen) atoms. The standard InChI is InChI=1S/C30H35Cl2N3O4S/c1-21-11-14-25(15-12-21)40(38,39)35(27-19-24(31)13-16-26(27)32)20-28(36)34(18-17-23-9-7-6-8-10-23)22(2)29(37)33-30(3,4)5/h6-16,19,22H,17-18,20H2,1-5H3,(H,33,37). The van der Waals surface area contributed by atoms with Crippen LogP contribution in [0.1, 0.15) is 38.8 Å². The number of amides is 2. The summed E-state index contributed by atoms with van der Waals surface area (Å²) in [6, 6.07) is 19.4. The van der Waals surface area contributed by atoms with Gasteiger partial charge in [-0.1, -0.05) is 71.2 Å². The normalized spacial score (nSPS) is 12.5. The van der Waals surface area contributed by atoms with Crippen LogP contribution in [0.5, 0.6) is 0 Å². The molecular weight excluding hydrogens is 569 g/mol. The molecule has 0 aliphatic rings. The lowest BCUT2D eigenvalue weighted by Gasteiger charge is -2.33. The molecule has 1 N–H and O–H groups in total. The molecule has 0 aliphatic heterocycles. The summed E-state index contributed by atoms with van der Waals surface area (Å²) in [5, 5.41) is 3.28. The first kappa shape index (κ1) is 31.5. The fourth-order valence-corrected chi connectivity index (χ4v) is 5.93. The molecule has 1 atom stereocenters. The second kappa shape index (κ2) is 13.1. The van der Waals surface area contributed by atoms with Crippen molar-refractivity contribution in [3.63, 3.8) is 0 Å². The van der Waals surface area contributed by atoms with Gasteiger partial charge in [0.2, 0.25) is 11.8 Å². The van der Waals surface area contributed by atoms with Gasteiger partial charge in [0.05, 0.1) is 15.6 Å². The fourth-order valence-electron chi connectivity index (χ4n) is 4.07. The highest BCUT2D eigenvalue weighted by atomic mass is 35.5. The third-order valence-corrected chi connectivity index (χ3v) is 8.54. The zero-order chi connectivity index (χ0) is 29.7.